The molecule has 0 spiro atoms. The number of nitrogens with zero attached hydrogens (tertiary/aromatic N) is 1. The highest BCUT2D eigenvalue weighted by molar-refractivity contribution is 5.97. The van der Waals surface area contributed by atoms with Crippen LogP contribution in [0.5, 0.6) is 5.75 Å². The number of carbonyl (C=O) groups is 1. The van der Waals surface area contributed by atoms with Crippen LogP contribution in [0, 0.1) is 18.2 Å². The van der Waals surface area contributed by atoms with Gasteiger partial charge in [-0.1, -0.05) is 18.9 Å². The van der Waals surface area contributed by atoms with Crippen molar-refractivity contribution in [3.05, 3.63) is 29.6 Å². The van der Waals surface area contributed by atoms with Gasteiger partial charge in [-0.15, -0.1) is 6.42 Å². The molecule has 0 heterocycles. The second-order valence-electron chi connectivity index (χ2n) is 3.75. The van der Waals surface area contributed by atoms with Gasteiger partial charge in [0.2, 0.25) is 0 Å². The first kappa shape index (κ1) is 14.0. The van der Waals surface area contributed by atoms with Gasteiger partial charge in [0.05, 0.1) is 13.7 Å². The summed E-state index contributed by atoms with van der Waals surface area (Å²) in [4.78, 5) is 13.7. The maximum atomic E-state index is 13.7. The Balaban J connectivity index is 3.12. The van der Waals surface area contributed by atoms with Crippen molar-refractivity contribution in [3.63, 3.8) is 0 Å². The first-order valence-electron chi connectivity index (χ1n) is 5.70. The van der Waals surface area contributed by atoms with E-state index >= 15 is 0 Å². The number of ether oxygens (including phenoxy) is 1. The summed E-state index contributed by atoms with van der Waals surface area (Å²) in [7, 11) is 1.40. The number of terminal acetylenes is 1. The van der Waals surface area contributed by atoms with Crippen molar-refractivity contribution in [1.82, 2.24) is 4.90 Å². The van der Waals surface area contributed by atoms with Crippen molar-refractivity contribution >= 4 is 5.91 Å². The van der Waals surface area contributed by atoms with E-state index in [0.29, 0.717) is 6.54 Å². The number of benzene rings is 1. The lowest BCUT2D eigenvalue weighted by atomic mass is 10.1. The number of carbonyl (C=O) groups excluding carboxylic acids is 1. The van der Waals surface area contributed by atoms with E-state index in [0.717, 1.165) is 6.42 Å². The Bertz CT molecular complexity index is 465. The molecule has 0 unspecified atom stereocenters. The van der Waals surface area contributed by atoms with Crippen molar-refractivity contribution in [3.8, 4) is 18.1 Å². The largest absolute Gasteiger partial charge is 0.496 e. The molecule has 1 aromatic rings. The molecule has 0 radical (unpaired) electrons. The van der Waals surface area contributed by atoms with Gasteiger partial charge in [0.1, 0.15) is 17.1 Å². The number of hydrogen-bond donors (Lipinski definition) is 0. The summed E-state index contributed by atoms with van der Waals surface area (Å²) >= 11 is 0. The fourth-order valence-electron chi connectivity index (χ4n) is 1.67. The van der Waals surface area contributed by atoms with E-state index < -0.39 is 11.7 Å². The van der Waals surface area contributed by atoms with Crippen LogP contribution in [0.1, 0.15) is 23.7 Å². The summed E-state index contributed by atoms with van der Waals surface area (Å²) in [6.07, 6.45) is 5.97. The van der Waals surface area contributed by atoms with E-state index in [-0.39, 0.29) is 17.9 Å². The highest BCUT2D eigenvalue weighted by atomic mass is 19.1. The van der Waals surface area contributed by atoms with E-state index in [1.54, 1.807) is 6.07 Å². The number of hydrogen-bond acceptors (Lipinski definition) is 2. The predicted octanol–water partition coefficient (Wildman–Crippen LogP) is 2.32. The minimum Gasteiger partial charge on any atom is -0.496 e. The minimum atomic E-state index is -0.600. The SMILES string of the molecule is C#CCN(CCC)C(=O)c1c(F)cccc1OC. The Kier molecular flexibility index (Phi) is 5.19. The summed E-state index contributed by atoms with van der Waals surface area (Å²) < 4.78 is 18.8. The zero-order valence-electron chi connectivity index (χ0n) is 10.6. The van der Waals surface area contributed by atoms with Gasteiger partial charge in [0.15, 0.2) is 0 Å². The standard InChI is InChI=1S/C14H16FNO2/c1-4-9-16(10-5-2)14(17)13-11(15)7-6-8-12(13)18-3/h1,6-8H,5,9-10H2,2-3H3. The molecule has 0 atom stereocenters. The second-order valence-corrected chi connectivity index (χ2v) is 3.75. The van der Waals surface area contributed by atoms with Gasteiger partial charge in [-0.25, -0.2) is 4.39 Å². The average Bonchev–Trinajstić information content (AvgIpc) is 2.37. The molecule has 1 amide bonds. The monoisotopic (exact) mass is 249 g/mol. The summed E-state index contributed by atoms with van der Waals surface area (Å²) in [6.45, 7) is 2.57. The summed E-state index contributed by atoms with van der Waals surface area (Å²) in [6, 6.07) is 4.28. The molecular formula is C14H16FNO2. The molecule has 0 N–H and O–H groups in total. The van der Waals surface area contributed by atoms with Crippen LogP contribution in [0.2, 0.25) is 0 Å². The predicted molar refractivity (Wildman–Crippen MR) is 68.0 cm³/mol. The van der Waals surface area contributed by atoms with Gasteiger partial charge in [0.25, 0.3) is 5.91 Å². The molecule has 0 aromatic heterocycles. The van der Waals surface area contributed by atoms with Crippen molar-refractivity contribution in [2.45, 2.75) is 13.3 Å². The zero-order valence-corrected chi connectivity index (χ0v) is 10.6. The zero-order chi connectivity index (χ0) is 13.5. The topological polar surface area (TPSA) is 29.5 Å². The van der Waals surface area contributed by atoms with Gasteiger partial charge in [-0.05, 0) is 18.6 Å². The molecule has 4 heteroatoms. The number of halogens is 1. The van der Waals surface area contributed by atoms with E-state index in [9.17, 15) is 9.18 Å². The molecular weight excluding hydrogens is 233 g/mol. The average molecular weight is 249 g/mol. The fraction of sp³-hybridized carbons (Fsp3) is 0.357. The van der Waals surface area contributed by atoms with Crippen LogP contribution in [0.15, 0.2) is 18.2 Å². The minimum absolute atomic E-state index is 0.0660. The third kappa shape index (κ3) is 3.01. The molecule has 0 saturated carbocycles. The first-order valence-corrected chi connectivity index (χ1v) is 5.70. The lowest BCUT2D eigenvalue weighted by Crippen LogP contribution is -2.33. The Morgan fingerprint density at radius 1 is 1.56 bits per heavy atom. The molecule has 0 aliphatic rings. The van der Waals surface area contributed by atoms with Crippen LogP contribution >= 0.6 is 0 Å². The summed E-state index contributed by atoms with van der Waals surface area (Å²) in [5.41, 5.74) is -0.0660. The molecule has 0 fully saturated rings. The van der Waals surface area contributed by atoms with Gasteiger partial charge in [0, 0.05) is 6.54 Å². The van der Waals surface area contributed by atoms with Gasteiger partial charge >= 0.3 is 0 Å². The molecule has 3 nitrogen and oxygen atoms in total. The lowest BCUT2D eigenvalue weighted by Gasteiger charge is -2.20. The Morgan fingerprint density at radius 3 is 2.83 bits per heavy atom. The van der Waals surface area contributed by atoms with Gasteiger partial charge in [-0.3, -0.25) is 4.79 Å². The highest BCUT2D eigenvalue weighted by Gasteiger charge is 2.22. The van der Waals surface area contributed by atoms with E-state index in [4.69, 9.17) is 11.2 Å². The molecule has 18 heavy (non-hydrogen) atoms. The summed E-state index contributed by atoms with van der Waals surface area (Å²) in [5.74, 6) is 1.58. The maximum absolute atomic E-state index is 13.7. The second kappa shape index (κ2) is 6.65. The Hall–Kier alpha value is -2.02. The molecule has 96 valence electrons. The van der Waals surface area contributed by atoms with Crippen LogP contribution in [0.3, 0.4) is 0 Å². The van der Waals surface area contributed by atoms with Crippen molar-refractivity contribution in [2.75, 3.05) is 20.2 Å². The Morgan fingerprint density at radius 2 is 2.28 bits per heavy atom. The first-order chi connectivity index (χ1) is 8.65. The Labute approximate surface area is 107 Å². The van der Waals surface area contributed by atoms with Crippen molar-refractivity contribution < 1.29 is 13.9 Å². The summed E-state index contributed by atoms with van der Waals surface area (Å²) in [5, 5.41) is 0. The van der Waals surface area contributed by atoms with E-state index in [2.05, 4.69) is 5.92 Å². The van der Waals surface area contributed by atoms with Gasteiger partial charge < -0.3 is 9.64 Å². The number of methoxy groups -OCH3 is 1. The van der Waals surface area contributed by atoms with Crippen LogP contribution in [0.4, 0.5) is 4.39 Å². The molecule has 0 bridgehead atoms. The van der Waals surface area contributed by atoms with Gasteiger partial charge in [-0.2, -0.15) is 0 Å². The fourth-order valence-corrected chi connectivity index (χ4v) is 1.67. The lowest BCUT2D eigenvalue weighted by molar-refractivity contribution is 0.0768. The molecule has 1 rings (SSSR count). The van der Waals surface area contributed by atoms with Crippen LogP contribution in [0.25, 0.3) is 0 Å². The normalized spacial score (nSPS) is 9.67. The molecule has 0 aliphatic heterocycles. The number of amides is 1. The number of rotatable bonds is 5. The highest BCUT2D eigenvalue weighted by Crippen LogP contribution is 2.22. The van der Waals surface area contributed by atoms with Crippen molar-refractivity contribution in [2.24, 2.45) is 0 Å². The van der Waals surface area contributed by atoms with Crippen molar-refractivity contribution in [1.29, 1.82) is 0 Å². The van der Waals surface area contributed by atoms with Crippen LogP contribution in [-0.4, -0.2) is 31.0 Å². The van der Waals surface area contributed by atoms with E-state index in [1.165, 1.54) is 24.1 Å². The maximum Gasteiger partial charge on any atom is 0.261 e. The third-order valence-electron chi connectivity index (χ3n) is 2.47. The quantitative estimate of drug-likeness (QED) is 0.749. The van der Waals surface area contributed by atoms with Crippen LogP contribution < -0.4 is 4.74 Å². The third-order valence-corrected chi connectivity index (χ3v) is 2.47. The van der Waals surface area contributed by atoms with Crippen LogP contribution in [-0.2, 0) is 0 Å². The molecule has 0 saturated heterocycles. The molecule has 0 aliphatic carbocycles. The smallest absolute Gasteiger partial charge is 0.261 e. The van der Waals surface area contributed by atoms with E-state index in [1.807, 2.05) is 6.92 Å². The molecule has 1 aromatic carbocycles.